The molecule has 1 unspecified atom stereocenters. The molecule has 0 aliphatic carbocycles. The quantitative estimate of drug-likeness (QED) is 0.387. The summed E-state index contributed by atoms with van der Waals surface area (Å²) in [6, 6.07) is 16.8. The second-order valence-electron chi connectivity index (χ2n) is 10.5. The fourth-order valence-electron chi connectivity index (χ4n) is 5.03. The maximum Gasteiger partial charge on any atom is 0.254 e. The molecule has 0 radical (unpaired) electrons. The lowest BCUT2D eigenvalue weighted by Gasteiger charge is -2.29. The molecule has 1 saturated heterocycles. The summed E-state index contributed by atoms with van der Waals surface area (Å²) in [5.74, 6) is 2.76. The van der Waals surface area contributed by atoms with Gasteiger partial charge in [0.05, 0.1) is 12.8 Å². The van der Waals surface area contributed by atoms with Crippen molar-refractivity contribution < 1.29 is 23.8 Å². The van der Waals surface area contributed by atoms with E-state index in [0.717, 1.165) is 42.2 Å². The van der Waals surface area contributed by atoms with Crippen molar-refractivity contribution in [1.29, 1.82) is 0 Å². The van der Waals surface area contributed by atoms with E-state index >= 15 is 0 Å². The van der Waals surface area contributed by atoms with E-state index in [4.69, 9.17) is 14.2 Å². The fraction of sp³-hybridized carbons (Fsp3) is 0.419. The SMILES string of the molecule is CCC(C)CN(CC(=O)N1CCCN(c2ccc(-c3cccc(OC)c3)nn2)CC1)C(=O)c1ccc2c(c1)OCO2. The van der Waals surface area contributed by atoms with Crippen molar-refractivity contribution >= 4 is 17.6 Å². The van der Waals surface area contributed by atoms with Crippen molar-refractivity contribution in [2.75, 3.05) is 58.1 Å². The number of fused-ring (bicyclic) bond motifs is 1. The molecule has 3 aromatic rings. The monoisotopic (exact) mass is 559 g/mol. The molecule has 216 valence electrons. The normalized spacial score (nSPS) is 15.3. The summed E-state index contributed by atoms with van der Waals surface area (Å²) in [5.41, 5.74) is 2.20. The Morgan fingerprint density at radius 2 is 1.85 bits per heavy atom. The van der Waals surface area contributed by atoms with Gasteiger partial charge >= 0.3 is 0 Å². The number of methoxy groups -OCH3 is 1. The number of carbonyl (C=O) groups excluding carboxylic acids is 2. The van der Waals surface area contributed by atoms with E-state index in [1.807, 2.05) is 41.3 Å². The number of nitrogens with zero attached hydrogens (tertiary/aromatic N) is 5. The Labute approximate surface area is 240 Å². The third-order valence-corrected chi connectivity index (χ3v) is 7.65. The van der Waals surface area contributed by atoms with Crippen LogP contribution in [0.25, 0.3) is 11.3 Å². The number of amides is 2. The number of anilines is 1. The highest BCUT2D eigenvalue weighted by molar-refractivity contribution is 5.97. The molecule has 0 bridgehead atoms. The van der Waals surface area contributed by atoms with Gasteiger partial charge in [-0.05, 0) is 54.8 Å². The molecule has 0 saturated carbocycles. The first-order valence-corrected chi connectivity index (χ1v) is 14.1. The Balaban J connectivity index is 1.22. The highest BCUT2D eigenvalue weighted by atomic mass is 16.7. The summed E-state index contributed by atoms with van der Waals surface area (Å²) in [7, 11) is 1.64. The zero-order chi connectivity index (χ0) is 28.8. The van der Waals surface area contributed by atoms with E-state index in [0.29, 0.717) is 43.2 Å². The molecule has 41 heavy (non-hydrogen) atoms. The van der Waals surface area contributed by atoms with Crippen LogP contribution in [0.4, 0.5) is 5.82 Å². The lowest BCUT2D eigenvalue weighted by molar-refractivity contribution is -0.131. The van der Waals surface area contributed by atoms with Crippen molar-refractivity contribution in [2.24, 2.45) is 5.92 Å². The van der Waals surface area contributed by atoms with Crippen LogP contribution in [0, 0.1) is 5.92 Å². The highest BCUT2D eigenvalue weighted by Gasteiger charge is 2.27. The van der Waals surface area contributed by atoms with Crippen LogP contribution in [0.5, 0.6) is 17.2 Å². The average molecular weight is 560 g/mol. The second-order valence-corrected chi connectivity index (χ2v) is 10.5. The minimum Gasteiger partial charge on any atom is -0.497 e. The van der Waals surface area contributed by atoms with Crippen molar-refractivity contribution in [2.45, 2.75) is 26.7 Å². The van der Waals surface area contributed by atoms with Crippen molar-refractivity contribution in [3.05, 3.63) is 60.2 Å². The molecule has 5 rings (SSSR count). The first-order chi connectivity index (χ1) is 19.9. The number of ether oxygens (including phenoxy) is 3. The van der Waals surface area contributed by atoms with Gasteiger partial charge in [-0.3, -0.25) is 9.59 Å². The van der Waals surface area contributed by atoms with Crippen LogP contribution in [0.3, 0.4) is 0 Å². The molecule has 1 fully saturated rings. The number of carbonyl (C=O) groups is 2. The minimum absolute atomic E-state index is 0.0344. The number of aromatic nitrogens is 2. The zero-order valence-electron chi connectivity index (χ0n) is 23.9. The van der Waals surface area contributed by atoms with Crippen LogP contribution in [-0.4, -0.2) is 85.0 Å². The predicted molar refractivity (Wildman–Crippen MR) is 155 cm³/mol. The van der Waals surface area contributed by atoms with Gasteiger partial charge in [-0.25, -0.2) is 0 Å². The number of benzene rings is 2. The van der Waals surface area contributed by atoms with Gasteiger partial charge in [0.1, 0.15) is 12.3 Å². The maximum absolute atomic E-state index is 13.5. The molecule has 1 atom stereocenters. The van der Waals surface area contributed by atoms with E-state index < -0.39 is 0 Å². The van der Waals surface area contributed by atoms with E-state index in [2.05, 4.69) is 28.9 Å². The molecule has 0 N–H and O–H groups in total. The van der Waals surface area contributed by atoms with Gasteiger partial charge in [0, 0.05) is 43.9 Å². The van der Waals surface area contributed by atoms with Gasteiger partial charge in [0.15, 0.2) is 17.3 Å². The topological polar surface area (TPSA) is 97.3 Å². The standard InChI is InChI=1S/C31H37N5O5/c1-4-22(2)19-36(31(38)24-9-11-27-28(18-24)41-21-40-27)20-30(37)35-14-6-13-34(15-16-35)29-12-10-26(32-33-29)23-7-5-8-25(17-23)39-3/h5,7-12,17-18,22H,4,6,13-16,19-21H2,1-3H3. The van der Waals surface area contributed by atoms with Gasteiger partial charge in [0.25, 0.3) is 5.91 Å². The minimum atomic E-state index is -0.181. The van der Waals surface area contributed by atoms with Gasteiger partial charge < -0.3 is 28.9 Å². The maximum atomic E-state index is 13.5. The molecule has 2 amide bonds. The lowest BCUT2D eigenvalue weighted by atomic mass is 10.1. The Morgan fingerprint density at radius 1 is 1.00 bits per heavy atom. The number of hydrogen-bond acceptors (Lipinski definition) is 8. The Morgan fingerprint density at radius 3 is 2.63 bits per heavy atom. The van der Waals surface area contributed by atoms with Crippen LogP contribution in [0.2, 0.25) is 0 Å². The van der Waals surface area contributed by atoms with Gasteiger partial charge in [-0.15, -0.1) is 10.2 Å². The summed E-state index contributed by atoms with van der Waals surface area (Å²) >= 11 is 0. The molecule has 2 aromatic carbocycles. The van der Waals surface area contributed by atoms with Crippen molar-refractivity contribution in [3.63, 3.8) is 0 Å². The van der Waals surface area contributed by atoms with Crippen LogP contribution in [0.1, 0.15) is 37.0 Å². The van der Waals surface area contributed by atoms with Crippen LogP contribution in [-0.2, 0) is 4.79 Å². The molecular formula is C31H37N5O5. The summed E-state index contributed by atoms with van der Waals surface area (Å²) in [4.78, 5) is 32.7. The lowest BCUT2D eigenvalue weighted by Crippen LogP contribution is -2.45. The second kappa shape index (κ2) is 12.9. The Bertz CT molecular complexity index is 1370. The molecule has 3 heterocycles. The predicted octanol–water partition coefficient (Wildman–Crippen LogP) is 4.11. The highest BCUT2D eigenvalue weighted by Crippen LogP contribution is 2.33. The van der Waals surface area contributed by atoms with Crippen LogP contribution >= 0.6 is 0 Å². The van der Waals surface area contributed by atoms with Crippen molar-refractivity contribution in [1.82, 2.24) is 20.0 Å². The first kappa shape index (κ1) is 28.2. The van der Waals surface area contributed by atoms with E-state index in [-0.39, 0.29) is 31.1 Å². The largest absolute Gasteiger partial charge is 0.497 e. The van der Waals surface area contributed by atoms with Gasteiger partial charge in [-0.2, -0.15) is 0 Å². The average Bonchev–Trinajstić information content (AvgIpc) is 3.35. The third kappa shape index (κ3) is 6.70. The van der Waals surface area contributed by atoms with Gasteiger partial charge in [0.2, 0.25) is 12.7 Å². The molecule has 2 aliphatic heterocycles. The third-order valence-electron chi connectivity index (χ3n) is 7.65. The molecular weight excluding hydrogens is 522 g/mol. The van der Waals surface area contributed by atoms with Crippen LogP contribution in [0.15, 0.2) is 54.6 Å². The summed E-state index contributed by atoms with van der Waals surface area (Å²) in [6.45, 7) is 7.45. The number of rotatable bonds is 9. The molecule has 10 heteroatoms. The zero-order valence-corrected chi connectivity index (χ0v) is 23.9. The van der Waals surface area contributed by atoms with Crippen molar-refractivity contribution in [3.8, 4) is 28.5 Å². The summed E-state index contributed by atoms with van der Waals surface area (Å²) in [5, 5.41) is 8.92. The van der Waals surface area contributed by atoms with E-state index in [9.17, 15) is 9.59 Å². The molecule has 1 aromatic heterocycles. The Kier molecular flexibility index (Phi) is 8.86. The first-order valence-electron chi connectivity index (χ1n) is 14.1. The molecule has 10 nitrogen and oxygen atoms in total. The fourth-order valence-corrected chi connectivity index (χ4v) is 5.03. The van der Waals surface area contributed by atoms with Crippen LogP contribution < -0.4 is 19.1 Å². The molecule has 2 aliphatic rings. The Hall–Kier alpha value is -4.34. The summed E-state index contributed by atoms with van der Waals surface area (Å²) < 4.78 is 16.2. The molecule has 0 spiro atoms. The summed E-state index contributed by atoms with van der Waals surface area (Å²) in [6.07, 6.45) is 1.71. The van der Waals surface area contributed by atoms with E-state index in [1.165, 1.54) is 0 Å². The number of hydrogen-bond donors (Lipinski definition) is 0. The van der Waals surface area contributed by atoms with Gasteiger partial charge in [-0.1, -0.05) is 32.4 Å². The smallest absolute Gasteiger partial charge is 0.254 e. The van der Waals surface area contributed by atoms with E-state index in [1.54, 1.807) is 30.2 Å².